The van der Waals surface area contributed by atoms with Gasteiger partial charge in [-0.3, -0.25) is 14.4 Å². The topological polar surface area (TPSA) is 166 Å². The van der Waals surface area contributed by atoms with E-state index in [-0.39, 0.29) is 61.8 Å². The van der Waals surface area contributed by atoms with Gasteiger partial charge in [0.25, 0.3) is 0 Å². The average molecular weight is 748 g/mol. The van der Waals surface area contributed by atoms with Crippen LogP contribution in [0.4, 0.5) is 10.5 Å². The lowest BCUT2D eigenvalue weighted by molar-refractivity contribution is -0.126. The number of hydrogen-bond acceptors (Lipinski definition) is 10. The van der Waals surface area contributed by atoms with E-state index in [4.69, 9.17) is 14.2 Å². The largest absolute Gasteiger partial charge is 0.448 e. The fraction of sp³-hybridized carbons (Fsp3) is 0.550. The summed E-state index contributed by atoms with van der Waals surface area (Å²) in [5.74, 6) is -0.338. The normalized spacial score (nSPS) is 13.1. The number of rotatable bonds is 20. The van der Waals surface area contributed by atoms with Crippen LogP contribution in [-0.4, -0.2) is 96.4 Å². The molecule has 0 radical (unpaired) electrons. The first-order valence-corrected chi connectivity index (χ1v) is 18.7. The smallest absolute Gasteiger partial charge is 0.407 e. The zero-order valence-corrected chi connectivity index (χ0v) is 32.8. The van der Waals surface area contributed by atoms with Crippen molar-refractivity contribution in [3.8, 4) is 22.5 Å². The molecule has 0 aliphatic carbocycles. The van der Waals surface area contributed by atoms with Gasteiger partial charge in [0.15, 0.2) is 0 Å². The van der Waals surface area contributed by atoms with Gasteiger partial charge in [0, 0.05) is 44.2 Å². The molecule has 0 fully saturated rings. The van der Waals surface area contributed by atoms with Crippen LogP contribution in [0.5, 0.6) is 0 Å². The highest BCUT2D eigenvalue weighted by Gasteiger charge is 2.30. The summed E-state index contributed by atoms with van der Waals surface area (Å²) in [6, 6.07) is 15.1. The van der Waals surface area contributed by atoms with E-state index < -0.39 is 11.7 Å². The summed E-state index contributed by atoms with van der Waals surface area (Å²) in [6.07, 6.45) is 2.40. The first-order valence-electron chi connectivity index (χ1n) is 18.7. The lowest BCUT2D eigenvalue weighted by atomic mass is 9.95. The lowest BCUT2D eigenvalue weighted by Crippen LogP contribution is -2.41. The maximum atomic E-state index is 14.0. The molecular formula is C40H57N7O7. The van der Waals surface area contributed by atoms with Crippen LogP contribution in [0.1, 0.15) is 78.7 Å². The number of Topliss-reactive ketones (excluding diaryl/α,β-unsaturated/α-hetero) is 1. The van der Waals surface area contributed by atoms with E-state index in [0.29, 0.717) is 49.6 Å². The molecule has 0 saturated carbocycles. The minimum Gasteiger partial charge on any atom is -0.448 e. The second-order valence-electron chi connectivity index (χ2n) is 14.8. The van der Waals surface area contributed by atoms with Crippen molar-refractivity contribution >= 4 is 29.4 Å². The van der Waals surface area contributed by atoms with Gasteiger partial charge in [-0.05, 0) is 79.0 Å². The van der Waals surface area contributed by atoms with Gasteiger partial charge in [0.1, 0.15) is 18.1 Å². The van der Waals surface area contributed by atoms with Crippen molar-refractivity contribution in [2.24, 2.45) is 0 Å². The van der Waals surface area contributed by atoms with E-state index in [9.17, 15) is 19.2 Å². The number of carbonyl (C=O) groups excluding carboxylic acids is 4. The third-order valence-electron chi connectivity index (χ3n) is 9.68. The number of aromatic nitrogens is 3. The monoisotopic (exact) mass is 747 g/mol. The molecular weight excluding hydrogens is 690 g/mol. The molecule has 2 aromatic carbocycles. The number of nitrogens with zero attached hydrogens (tertiary/aromatic N) is 4. The number of anilines is 1. The third-order valence-corrected chi connectivity index (χ3v) is 9.68. The third kappa shape index (κ3) is 11.9. The molecule has 14 heteroatoms. The number of methoxy groups -OCH3 is 1. The van der Waals surface area contributed by atoms with Crippen LogP contribution in [0.3, 0.4) is 0 Å². The highest BCUT2D eigenvalue weighted by Crippen LogP contribution is 2.41. The number of hydrogen-bond donors (Lipinski definition) is 3. The van der Waals surface area contributed by atoms with Gasteiger partial charge in [0.05, 0.1) is 48.3 Å². The minimum absolute atomic E-state index is 0.00573. The minimum atomic E-state index is -0.590. The summed E-state index contributed by atoms with van der Waals surface area (Å²) in [5, 5.41) is 17.7. The van der Waals surface area contributed by atoms with Gasteiger partial charge in [-0.2, -0.15) is 0 Å². The number of para-hydroxylation sites is 1. The maximum absolute atomic E-state index is 14.0. The molecule has 0 saturated heterocycles. The van der Waals surface area contributed by atoms with Crippen molar-refractivity contribution in [1.82, 2.24) is 30.9 Å². The molecule has 3 aromatic rings. The van der Waals surface area contributed by atoms with Crippen molar-refractivity contribution < 1.29 is 33.4 Å². The first-order chi connectivity index (χ1) is 25.7. The van der Waals surface area contributed by atoms with Crippen LogP contribution < -0.4 is 20.9 Å². The van der Waals surface area contributed by atoms with E-state index in [1.807, 2.05) is 76.2 Å². The lowest BCUT2D eigenvalue weighted by Gasteiger charge is -2.29. The predicted molar refractivity (Wildman–Crippen MR) is 207 cm³/mol. The number of carbonyl (C=O) groups is 4. The molecule has 1 aliphatic rings. The fourth-order valence-electron chi connectivity index (χ4n) is 6.17. The molecule has 1 atom stereocenters. The fourth-order valence-corrected chi connectivity index (χ4v) is 6.17. The van der Waals surface area contributed by atoms with E-state index in [1.54, 1.807) is 30.7 Å². The van der Waals surface area contributed by atoms with Crippen molar-refractivity contribution in [3.05, 3.63) is 54.1 Å². The molecule has 2 heterocycles. The van der Waals surface area contributed by atoms with Gasteiger partial charge >= 0.3 is 6.09 Å². The van der Waals surface area contributed by atoms with Gasteiger partial charge in [-0.25, -0.2) is 9.48 Å². The second kappa shape index (κ2) is 19.6. The van der Waals surface area contributed by atoms with Crippen molar-refractivity contribution in [3.63, 3.8) is 0 Å². The van der Waals surface area contributed by atoms with Crippen LogP contribution >= 0.6 is 0 Å². The number of ketones is 1. The average Bonchev–Trinajstić information content (AvgIpc) is 3.55. The standard InChI is InChI=1S/C40H57N7O7/c1-28(48)32(41-6)17-12-13-22-42-38(51)53-25-23-47-37-31-16-10-11-18-33(31)46(26-29-14-8-9-15-30(29)36(37)44-45-47)35(50)20-19-34(49)43-27-40(4,5)54-24-21-39(2,3)52-7/h8-11,14-16,18,32,41H,12-13,17,19-27H2,1-7H3,(H,42,51)(H,43,49). The van der Waals surface area contributed by atoms with Crippen LogP contribution in [0.25, 0.3) is 22.5 Å². The SMILES string of the molecule is CNC(CCCCNC(=O)OCCn1nnc2c1-c1ccccc1N(C(=O)CCC(=O)NCC(C)(C)OCCC(C)(C)OC)Cc1ccccc1-2)C(C)=O. The Hall–Kier alpha value is -4.66. The van der Waals surface area contributed by atoms with Crippen LogP contribution in [0.2, 0.25) is 0 Å². The molecule has 1 unspecified atom stereocenters. The number of amides is 3. The summed E-state index contributed by atoms with van der Waals surface area (Å²) in [4.78, 5) is 52.7. The van der Waals surface area contributed by atoms with Crippen LogP contribution in [-0.2, 0) is 41.7 Å². The summed E-state index contributed by atoms with van der Waals surface area (Å²) in [5.41, 5.74) is 3.60. The van der Waals surface area contributed by atoms with E-state index in [1.165, 1.54) is 0 Å². The Morgan fingerprint density at radius 3 is 2.35 bits per heavy atom. The maximum Gasteiger partial charge on any atom is 0.407 e. The Balaban J connectivity index is 1.40. The molecule has 0 spiro atoms. The van der Waals surface area contributed by atoms with Crippen LogP contribution in [0, 0.1) is 0 Å². The van der Waals surface area contributed by atoms with Gasteiger partial charge in [-0.1, -0.05) is 47.7 Å². The van der Waals surface area contributed by atoms with Gasteiger partial charge < -0.3 is 35.1 Å². The van der Waals surface area contributed by atoms with Crippen LogP contribution in [0.15, 0.2) is 48.5 Å². The summed E-state index contributed by atoms with van der Waals surface area (Å²) in [6.45, 7) is 11.2. The molecule has 1 aromatic heterocycles. The molecule has 1 aliphatic heterocycles. The molecule has 3 amide bonds. The first kappa shape index (κ1) is 42.1. The second-order valence-corrected chi connectivity index (χ2v) is 14.8. The van der Waals surface area contributed by atoms with Crippen molar-refractivity contribution in [2.45, 2.75) is 103 Å². The van der Waals surface area contributed by atoms with Crippen molar-refractivity contribution in [2.75, 3.05) is 45.4 Å². The van der Waals surface area contributed by atoms with Gasteiger partial charge in [-0.15, -0.1) is 5.10 Å². The molecule has 3 N–H and O–H groups in total. The summed E-state index contributed by atoms with van der Waals surface area (Å²) in [7, 11) is 3.44. The van der Waals surface area contributed by atoms with E-state index >= 15 is 0 Å². The Morgan fingerprint density at radius 1 is 0.907 bits per heavy atom. The summed E-state index contributed by atoms with van der Waals surface area (Å²) >= 11 is 0. The van der Waals surface area contributed by atoms with Gasteiger partial charge in [0.2, 0.25) is 11.8 Å². The molecule has 54 heavy (non-hydrogen) atoms. The molecule has 0 bridgehead atoms. The Labute approximate surface area is 318 Å². The zero-order valence-electron chi connectivity index (χ0n) is 32.8. The Morgan fingerprint density at radius 2 is 1.63 bits per heavy atom. The zero-order chi connectivity index (χ0) is 39.3. The van der Waals surface area contributed by atoms with Crippen molar-refractivity contribution in [1.29, 1.82) is 0 Å². The quantitative estimate of drug-likeness (QED) is 0.133. The Kier molecular flexibility index (Phi) is 15.3. The van der Waals surface area contributed by atoms with E-state index in [0.717, 1.165) is 29.5 Å². The molecule has 294 valence electrons. The predicted octanol–water partition coefficient (Wildman–Crippen LogP) is 5.04. The molecule has 14 nitrogen and oxygen atoms in total. The number of alkyl carbamates (subject to hydrolysis) is 1. The number of nitrogens with one attached hydrogen (secondary N) is 3. The number of benzene rings is 2. The highest BCUT2D eigenvalue weighted by molar-refractivity contribution is 6.01. The number of likely N-dealkylation sites (N-methyl/N-ethyl adjacent to an activating group) is 1. The number of unbranched alkanes of at least 4 members (excludes halogenated alkanes) is 1. The Bertz CT molecular complexity index is 1740. The van der Waals surface area contributed by atoms with E-state index in [2.05, 4.69) is 26.3 Å². The number of fused-ring (bicyclic) bond motifs is 5. The number of ether oxygens (including phenoxy) is 3. The highest BCUT2D eigenvalue weighted by atomic mass is 16.5. The summed E-state index contributed by atoms with van der Waals surface area (Å²) < 4.78 is 18.7. The molecule has 4 rings (SSSR count).